The summed E-state index contributed by atoms with van der Waals surface area (Å²) < 4.78 is 51.3. The second kappa shape index (κ2) is 9.84. The van der Waals surface area contributed by atoms with E-state index >= 15 is 0 Å². The molecule has 7 nitrogen and oxygen atoms in total. The number of nitrogens with zero attached hydrogens (tertiary/aromatic N) is 3. The van der Waals surface area contributed by atoms with Gasteiger partial charge in [-0.3, -0.25) is 4.90 Å². The molecule has 37 heavy (non-hydrogen) atoms. The van der Waals surface area contributed by atoms with Gasteiger partial charge in [0.1, 0.15) is 0 Å². The summed E-state index contributed by atoms with van der Waals surface area (Å²) in [4.78, 5) is 21.9. The highest BCUT2D eigenvalue weighted by atomic mass is 19.4. The van der Waals surface area contributed by atoms with E-state index in [9.17, 15) is 18.0 Å². The zero-order valence-corrected chi connectivity index (χ0v) is 20.5. The van der Waals surface area contributed by atoms with Gasteiger partial charge in [0, 0.05) is 43.4 Å². The number of hydrogen-bond donors (Lipinski definition) is 1. The van der Waals surface area contributed by atoms with Crippen LogP contribution in [0.4, 0.5) is 35.2 Å². The first-order chi connectivity index (χ1) is 17.7. The number of benzene rings is 2. The number of anilines is 3. The van der Waals surface area contributed by atoms with Crippen LogP contribution in [0.2, 0.25) is 0 Å². The van der Waals surface area contributed by atoms with E-state index in [-0.39, 0.29) is 6.04 Å². The number of fused-ring (bicyclic) bond motifs is 2. The van der Waals surface area contributed by atoms with Crippen LogP contribution in [0.25, 0.3) is 11.3 Å². The summed E-state index contributed by atoms with van der Waals surface area (Å²) in [6.45, 7) is 3.70. The lowest BCUT2D eigenvalue weighted by Gasteiger charge is -2.28. The number of carbonyl (C=O) groups excluding carboxylic acids is 1. The number of ether oxygens (including phenoxy) is 2. The summed E-state index contributed by atoms with van der Waals surface area (Å²) >= 11 is 0. The molecule has 2 amide bonds. The fourth-order valence-corrected chi connectivity index (χ4v) is 4.49. The predicted molar refractivity (Wildman–Crippen MR) is 136 cm³/mol. The van der Waals surface area contributed by atoms with Crippen molar-refractivity contribution in [1.29, 1.82) is 0 Å². The lowest BCUT2D eigenvalue weighted by atomic mass is 10.1. The average molecular weight is 513 g/mol. The highest BCUT2D eigenvalue weighted by Gasteiger charge is 2.32. The summed E-state index contributed by atoms with van der Waals surface area (Å²) in [6.07, 6.45) is -3.02. The SMILES string of the molecule is C[C@@H]1CCN(C)c2ccc(-c3cccc(C(F)(F)F)c3)nc2N1C(=O)Nc1ccc2c(c1)OCCCO2. The molecule has 3 aromatic rings. The van der Waals surface area contributed by atoms with Crippen LogP contribution in [0.1, 0.15) is 25.3 Å². The first-order valence-corrected chi connectivity index (χ1v) is 12.1. The third kappa shape index (κ3) is 5.14. The van der Waals surface area contributed by atoms with Crippen LogP contribution in [0.15, 0.2) is 54.6 Å². The van der Waals surface area contributed by atoms with Gasteiger partial charge in [-0.1, -0.05) is 12.1 Å². The van der Waals surface area contributed by atoms with Crippen LogP contribution >= 0.6 is 0 Å². The number of alkyl halides is 3. The minimum absolute atomic E-state index is 0.214. The van der Waals surface area contributed by atoms with E-state index in [4.69, 9.17) is 14.5 Å². The first-order valence-electron chi connectivity index (χ1n) is 12.1. The second-order valence-corrected chi connectivity index (χ2v) is 9.19. The number of nitrogens with one attached hydrogen (secondary N) is 1. The molecule has 0 saturated heterocycles. The molecule has 1 atom stereocenters. The van der Waals surface area contributed by atoms with Crippen molar-refractivity contribution in [3.8, 4) is 22.8 Å². The van der Waals surface area contributed by atoms with Crippen LogP contribution < -0.4 is 24.6 Å². The van der Waals surface area contributed by atoms with Crippen LogP contribution in [0.3, 0.4) is 0 Å². The number of rotatable bonds is 2. The largest absolute Gasteiger partial charge is 0.490 e. The highest BCUT2D eigenvalue weighted by molar-refractivity contribution is 6.04. The minimum Gasteiger partial charge on any atom is -0.490 e. The fourth-order valence-electron chi connectivity index (χ4n) is 4.49. The Bertz CT molecular complexity index is 1310. The molecule has 0 aliphatic carbocycles. The minimum atomic E-state index is -4.47. The molecule has 194 valence electrons. The Labute approximate surface area is 212 Å². The Kier molecular flexibility index (Phi) is 6.57. The maximum absolute atomic E-state index is 13.6. The third-order valence-electron chi connectivity index (χ3n) is 6.52. The maximum Gasteiger partial charge on any atom is 0.416 e. The zero-order valence-electron chi connectivity index (χ0n) is 20.5. The topological polar surface area (TPSA) is 66.9 Å². The molecule has 0 unspecified atom stereocenters. The Morgan fingerprint density at radius 2 is 1.84 bits per heavy atom. The molecule has 3 heterocycles. The molecule has 2 aliphatic heterocycles. The van der Waals surface area contributed by atoms with E-state index in [2.05, 4.69) is 5.32 Å². The van der Waals surface area contributed by atoms with E-state index in [1.54, 1.807) is 41.3 Å². The number of pyridine rings is 1. The second-order valence-electron chi connectivity index (χ2n) is 9.19. The number of halogens is 3. The molecule has 1 aromatic heterocycles. The van der Waals surface area contributed by atoms with Crippen molar-refractivity contribution in [2.45, 2.75) is 32.0 Å². The number of urea groups is 1. The summed E-state index contributed by atoms with van der Waals surface area (Å²) in [6, 6.07) is 13.1. The van der Waals surface area contributed by atoms with Crippen molar-refractivity contribution in [2.75, 3.05) is 41.9 Å². The van der Waals surface area contributed by atoms with Gasteiger partial charge in [-0.05, 0) is 49.7 Å². The van der Waals surface area contributed by atoms with Crippen molar-refractivity contribution in [2.24, 2.45) is 0 Å². The quantitative estimate of drug-likeness (QED) is 0.443. The molecule has 2 aliphatic rings. The van der Waals surface area contributed by atoms with Gasteiger partial charge < -0.3 is 19.7 Å². The molecule has 0 saturated carbocycles. The summed E-state index contributed by atoms with van der Waals surface area (Å²) in [5.41, 5.74) is 1.17. The van der Waals surface area contributed by atoms with Crippen molar-refractivity contribution >= 4 is 23.2 Å². The number of carbonyl (C=O) groups is 1. The zero-order chi connectivity index (χ0) is 26.2. The van der Waals surface area contributed by atoms with Crippen molar-refractivity contribution < 1.29 is 27.4 Å². The van der Waals surface area contributed by atoms with Crippen LogP contribution in [-0.4, -0.2) is 43.9 Å². The molecule has 10 heteroatoms. The van der Waals surface area contributed by atoms with E-state index in [1.165, 1.54) is 6.07 Å². The summed E-state index contributed by atoms with van der Waals surface area (Å²) in [5, 5.41) is 2.93. The molecule has 2 aromatic carbocycles. The molecule has 0 bridgehead atoms. The molecule has 0 radical (unpaired) electrons. The summed E-state index contributed by atoms with van der Waals surface area (Å²) in [7, 11) is 1.91. The molecule has 5 rings (SSSR count). The Hall–Kier alpha value is -3.95. The van der Waals surface area contributed by atoms with E-state index in [0.717, 1.165) is 18.6 Å². The lowest BCUT2D eigenvalue weighted by Crippen LogP contribution is -2.42. The molecular formula is C27H27F3N4O3. The predicted octanol–water partition coefficient (Wildman–Crippen LogP) is 6.20. The monoisotopic (exact) mass is 512 g/mol. The van der Waals surface area contributed by atoms with E-state index in [0.29, 0.717) is 66.1 Å². The normalized spacial score (nSPS) is 17.5. The van der Waals surface area contributed by atoms with Gasteiger partial charge in [-0.2, -0.15) is 13.2 Å². The maximum atomic E-state index is 13.6. The number of aromatic nitrogens is 1. The molecule has 1 N–H and O–H groups in total. The highest BCUT2D eigenvalue weighted by Crippen LogP contribution is 2.37. The van der Waals surface area contributed by atoms with Gasteiger partial charge in [0.25, 0.3) is 0 Å². The standard InChI is InChI=1S/C27H27F3N4O3/c1-17-11-12-33(2)22-9-8-21(18-5-3-6-19(15-18)27(28,29)30)32-25(22)34(17)26(35)31-20-7-10-23-24(16-20)37-14-4-13-36-23/h3,5-10,15-17H,4,11-14H2,1-2H3,(H,31,35)/t17-/m1/s1. The number of amides is 2. The van der Waals surface area contributed by atoms with Crippen LogP contribution in [0.5, 0.6) is 11.5 Å². The van der Waals surface area contributed by atoms with Crippen molar-refractivity contribution in [1.82, 2.24) is 4.98 Å². The van der Waals surface area contributed by atoms with Crippen LogP contribution in [0, 0.1) is 0 Å². The lowest BCUT2D eigenvalue weighted by molar-refractivity contribution is -0.137. The van der Waals surface area contributed by atoms with Gasteiger partial charge in [-0.25, -0.2) is 9.78 Å². The van der Waals surface area contributed by atoms with Gasteiger partial charge in [0.05, 0.1) is 30.2 Å². The van der Waals surface area contributed by atoms with Crippen LogP contribution in [-0.2, 0) is 6.18 Å². The van der Waals surface area contributed by atoms with Gasteiger partial charge in [-0.15, -0.1) is 0 Å². The molecule has 0 spiro atoms. The molecular weight excluding hydrogens is 485 g/mol. The van der Waals surface area contributed by atoms with Gasteiger partial charge >= 0.3 is 12.2 Å². The van der Waals surface area contributed by atoms with Gasteiger partial charge in [0.15, 0.2) is 17.3 Å². The smallest absolute Gasteiger partial charge is 0.416 e. The summed E-state index contributed by atoms with van der Waals surface area (Å²) in [5.74, 6) is 1.57. The molecule has 0 fully saturated rings. The van der Waals surface area contributed by atoms with Crippen molar-refractivity contribution in [3.05, 3.63) is 60.2 Å². The van der Waals surface area contributed by atoms with E-state index in [1.807, 2.05) is 18.9 Å². The Balaban J connectivity index is 1.50. The number of hydrogen-bond acceptors (Lipinski definition) is 5. The van der Waals surface area contributed by atoms with Gasteiger partial charge in [0.2, 0.25) is 0 Å². The first kappa shape index (κ1) is 24.7. The Morgan fingerprint density at radius 1 is 1.05 bits per heavy atom. The van der Waals surface area contributed by atoms with Crippen molar-refractivity contribution in [3.63, 3.8) is 0 Å². The Morgan fingerprint density at radius 3 is 2.62 bits per heavy atom. The third-order valence-corrected chi connectivity index (χ3v) is 6.52. The van der Waals surface area contributed by atoms with E-state index < -0.39 is 17.8 Å². The average Bonchev–Trinajstić information content (AvgIpc) is 3.18. The fraction of sp³-hybridized carbons (Fsp3) is 0.333.